The summed E-state index contributed by atoms with van der Waals surface area (Å²) in [5, 5.41) is 19.6. The van der Waals surface area contributed by atoms with Crippen molar-refractivity contribution in [2.75, 3.05) is 6.54 Å². The van der Waals surface area contributed by atoms with Crippen molar-refractivity contribution >= 4 is 0 Å². The van der Waals surface area contributed by atoms with Crippen LogP contribution in [0.5, 0.6) is 0 Å². The number of nitro groups is 1. The summed E-state index contributed by atoms with van der Waals surface area (Å²) >= 11 is 0. The van der Waals surface area contributed by atoms with Gasteiger partial charge in [0.15, 0.2) is 0 Å². The molecule has 0 aliphatic heterocycles. The normalized spacial score (nSPS) is 12.1. The first-order chi connectivity index (χ1) is 7.09. The lowest BCUT2D eigenvalue weighted by Crippen LogP contribution is -2.22. The van der Waals surface area contributed by atoms with E-state index in [0.29, 0.717) is 12.0 Å². The molecule has 0 amide bonds. The van der Waals surface area contributed by atoms with Gasteiger partial charge in [-0.2, -0.15) is 0 Å². The number of nitrogens with zero attached hydrogens (tertiary/aromatic N) is 1. The minimum Gasteiger partial charge on any atom is -0.382 e. The molecular formula is C11H13NO3. The summed E-state index contributed by atoms with van der Waals surface area (Å²) in [6.07, 6.45) is -0.601. The Morgan fingerprint density at radius 2 is 2.07 bits per heavy atom. The topological polar surface area (TPSA) is 63.4 Å². The molecule has 0 aromatic heterocycles. The second-order valence-corrected chi connectivity index (χ2v) is 3.35. The highest BCUT2D eigenvalue weighted by molar-refractivity contribution is 5.21. The number of rotatable bonds is 5. The van der Waals surface area contributed by atoms with Crippen molar-refractivity contribution in [3.63, 3.8) is 0 Å². The largest absolute Gasteiger partial charge is 0.382 e. The molecule has 0 radical (unpaired) electrons. The summed E-state index contributed by atoms with van der Waals surface area (Å²) in [5.74, 6) is 0. The molecule has 1 aromatic rings. The molecule has 4 heteroatoms. The molecule has 0 spiro atoms. The van der Waals surface area contributed by atoms with Crippen LogP contribution >= 0.6 is 0 Å². The smallest absolute Gasteiger partial charge is 0.233 e. The van der Waals surface area contributed by atoms with Gasteiger partial charge in [0, 0.05) is 4.92 Å². The van der Waals surface area contributed by atoms with Crippen LogP contribution in [0.1, 0.15) is 5.56 Å². The number of aliphatic hydroxyl groups excluding tert-OH is 1. The molecule has 0 aliphatic carbocycles. The van der Waals surface area contributed by atoms with E-state index in [2.05, 4.69) is 6.58 Å². The Balaban J connectivity index is 2.52. The first-order valence-electron chi connectivity index (χ1n) is 4.61. The lowest BCUT2D eigenvalue weighted by molar-refractivity contribution is -0.488. The van der Waals surface area contributed by atoms with Crippen LogP contribution in [-0.2, 0) is 6.42 Å². The zero-order valence-corrected chi connectivity index (χ0v) is 8.30. The van der Waals surface area contributed by atoms with Crippen molar-refractivity contribution in [2.24, 2.45) is 0 Å². The van der Waals surface area contributed by atoms with E-state index in [9.17, 15) is 15.2 Å². The van der Waals surface area contributed by atoms with Gasteiger partial charge < -0.3 is 5.11 Å². The Kier molecular flexibility index (Phi) is 4.00. The number of hydrogen-bond donors (Lipinski definition) is 1. The zero-order valence-electron chi connectivity index (χ0n) is 8.30. The summed E-state index contributed by atoms with van der Waals surface area (Å²) in [4.78, 5) is 9.63. The molecule has 1 rings (SSSR count). The highest BCUT2D eigenvalue weighted by atomic mass is 16.6. The molecule has 80 valence electrons. The average Bonchev–Trinajstić information content (AvgIpc) is 2.18. The van der Waals surface area contributed by atoms with Gasteiger partial charge in [0.1, 0.15) is 6.10 Å². The molecule has 0 saturated carbocycles. The SMILES string of the molecule is C=C(Cc1ccccc1)[C@H](O)C[N+](=O)[O-]. The zero-order chi connectivity index (χ0) is 11.3. The number of aliphatic hydroxyl groups is 1. The molecule has 0 heterocycles. The van der Waals surface area contributed by atoms with Crippen LogP contribution in [0.3, 0.4) is 0 Å². The molecule has 1 N–H and O–H groups in total. The maximum absolute atomic E-state index is 10.2. The van der Waals surface area contributed by atoms with Gasteiger partial charge in [-0.1, -0.05) is 36.9 Å². The fourth-order valence-electron chi connectivity index (χ4n) is 1.25. The van der Waals surface area contributed by atoms with Gasteiger partial charge in [0.25, 0.3) is 0 Å². The van der Waals surface area contributed by atoms with Crippen LogP contribution in [0.2, 0.25) is 0 Å². The van der Waals surface area contributed by atoms with Crippen molar-refractivity contribution in [1.82, 2.24) is 0 Å². The van der Waals surface area contributed by atoms with Crippen LogP contribution in [-0.4, -0.2) is 22.7 Å². The van der Waals surface area contributed by atoms with Crippen LogP contribution in [0.4, 0.5) is 0 Å². The third-order valence-electron chi connectivity index (χ3n) is 2.07. The van der Waals surface area contributed by atoms with Gasteiger partial charge >= 0.3 is 0 Å². The van der Waals surface area contributed by atoms with E-state index in [1.165, 1.54) is 0 Å². The van der Waals surface area contributed by atoms with Crippen LogP contribution < -0.4 is 0 Å². The molecule has 1 aromatic carbocycles. The lowest BCUT2D eigenvalue weighted by atomic mass is 10.0. The fourth-order valence-corrected chi connectivity index (χ4v) is 1.25. The standard InChI is InChI=1S/C11H13NO3/c1-9(11(13)8-12(14)15)7-10-5-3-2-4-6-10/h2-6,11,13H,1,7-8H2/t11-/m1/s1. The summed E-state index contributed by atoms with van der Waals surface area (Å²) in [5.41, 5.74) is 1.46. The first-order valence-corrected chi connectivity index (χ1v) is 4.61. The maximum atomic E-state index is 10.2. The fraction of sp³-hybridized carbons (Fsp3) is 0.273. The third kappa shape index (κ3) is 3.91. The predicted octanol–water partition coefficient (Wildman–Crippen LogP) is 1.42. The number of hydrogen-bond acceptors (Lipinski definition) is 3. The van der Waals surface area contributed by atoms with E-state index in [4.69, 9.17) is 0 Å². The van der Waals surface area contributed by atoms with Crippen molar-refractivity contribution in [3.05, 3.63) is 58.2 Å². The molecule has 1 atom stereocenters. The third-order valence-corrected chi connectivity index (χ3v) is 2.07. The number of benzene rings is 1. The second-order valence-electron chi connectivity index (χ2n) is 3.35. The molecule has 4 nitrogen and oxygen atoms in total. The van der Waals surface area contributed by atoms with Gasteiger partial charge in [-0.05, 0) is 17.6 Å². The molecule has 0 unspecified atom stereocenters. The minimum atomic E-state index is -1.07. The molecular weight excluding hydrogens is 194 g/mol. The van der Waals surface area contributed by atoms with Crippen LogP contribution in [0.25, 0.3) is 0 Å². The van der Waals surface area contributed by atoms with Crippen molar-refractivity contribution in [1.29, 1.82) is 0 Å². The van der Waals surface area contributed by atoms with Crippen molar-refractivity contribution < 1.29 is 10.0 Å². The van der Waals surface area contributed by atoms with Gasteiger partial charge in [-0.15, -0.1) is 0 Å². The molecule has 0 bridgehead atoms. The van der Waals surface area contributed by atoms with E-state index in [0.717, 1.165) is 5.56 Å². The van der Waals surface area contributed by atoms with E-state index < -0.39 is 17.6 Å². The van der Waals surface area contributed by atoms with E-state index >= 15 is 0 Å². The highest BCUT2D eigenvalue weighted by Crippen LogP contribution is 2.09. The Morgan fingerprint density at radius 1 is 1.47 bits per heavy atom. The molecule has 0 saturated heterocycles. The summed E-state index contributed by atoms with van der Waals surface area (Å²) < 4.78 is 0. The van der Waals surface area contributed by atoms with Gasteiger partial charge in [-0.3, -0.25) is 10.1 Å². The Morgan fingerprint density at radius 3 is 2.60 bits per heavy atom. The quantitative estimate of drug-likeness (QED) is 0.451. The van der Waals surface area contributed by atoms with Crippen molar-refractivity contribution in [2.45, 2.75) is 12.5 Å². The summed E-state index contributed by atoms with van der Waals surface area (Å²) in [7, 11) is 0. The van der Waals surface area contributed by atoms with Gasteiger partial charge in [-0.25, -0.2) is 0 Å². The Bertz CT molecular complexity index is 348. The average molecular weight is 207 g/mol. The molecule has 15 heavy (non-hydrogen) atoms. The van der Waals surface area contributed by atoms with Gasteiger partial charge in [0.05, 0.1) is 0 Å². The van der Waals surface area contributed by atoms with Crippen LogP contribution in [0.15, 0.2) is 42.5 Å². The summed E-state index contributed by atoms with van der Waals surface area (Å²) in [6, 6.07) is 9.43. The van der Waals surface area contributed by atoms with E-state index in [1.807, 2.05) is 30.3 Å². The first kappa shape index (κ1) is 11.4. The Labute approximate surface area is 88.0 Å². The van der Waals surface area contributed by atoms with E-state index in [1.54, 1.807) is 0 Å². The minimum absolute atomic E-state index is 0.468. The van der Waals surface area contributed by atoms with Crippen LogP contribution in [0, 0.1) is 10.1 Å². The maximum Gasteiger partial charge on any atom is 0.233 e. The second kappa shape index (κ2) is 5.26. The lowest BCUT2D eigenvalue weighted by Gasteiger charge is -2.09. The highest BCUT2D eigenvalue weighted by Gasteiger charge is 2.15. The molecule has 0 aliphatic rings. The predicted molar refractivity (Wildman–Crippen MR) is 57.2 cm³/mol. The molecule has 0 fully saturated rings. The van der Waals surface area contributed by atoms with Crippen molar-refractivity contribution in [3.8, 4) is 0 Å². The van der Waals surface area contributed by atoms with E-state index in [-0.39, 0.29) is 0 Å². The summed E-state index contributed by atoms with van der Waals surface area (Å²) in [6.45, 7) is 3.17. The van der Waals surface area contributed by atoms with Gasteiger partial charge in [0.2, 0.25) is 6.54 Å². The Hall–Kier alpha value is -1.68. The monoisotopic (exact) mass is 207 g/mol.